The van der Waals surface area contributed by atoms with E-state index in [1.165, 1.54) is 38.2 Å². The van der Waals surface area contributed by atoms with E-state index in [9.17, 15) is 9.59 Å². The third-order valence-corrected chi connectivity index (χ3v) is 3.74. The Hall–Kier alpha value is -1.91. The monoisotopic (exact) mass is 276 g/mol. The summed E-state index contributed by atoms with van der Waals surface area (Å²) >= 11 is 0. The van der Waals surface area contributed by atoms with E-state index >= 15 is 0 Å². The predicted octanol–water partition coefficient (Wildman–Crippen LogP) is 3.08. The number of nitrogens with one attached hydrogen (secondary N) is 1. The van der Waals surface area contributed by atoms with Crippen LogP contribution in [0.5, 0.6) is 0 Å². The van der Waals surface area contributed by atoms with Crippen molar-refractivity contribution in [2.75, 3.05) is 5.32 Å². The van der Waals surface area contributed by atoms with E-state index in [1.54, 1.807) is 12.1 Å². The van der Waals surface area contributed by atoms with E-state index < -0.39 is 5.97 Å². The Morgan fingerprint density at radius 1 is 1.25 bits per heavy atom. The Morgan fingerprint density at radius 3 is 2.70 bits per heavy atom. The molecule has 5 nitrogen and oxygen atoms in total. The Bertz CT molecular complexity index is 482. The molecule has 1 amide bonds. The van der Waals surface area contributed by atoms with Crippen molar-refractivity contribution in [2.45, 2.75) is 44.9 Å². The fraction of sp³-hybridized carbons (Fsp3) is 0.533. The zero-order valence-corrected chi connectivity index (χ0v) is 11.5. The Balaban J connectivity index is 1.81. The van der Waals surface area contributed by atoms with Crippen LogP contribution in [0.3, 0.4) is 0 Å². The Labute approximate surface area is 118 Å². The lowest BCUT2D eigenvalue weighted by Gasteiger charge is -2.20. The standard InChI is InChI=1S/C15H20N2O3/c18-14(10-9-11-5-2-1-3-6-11)17-13-8-4-7-12(16-13)15(19)20/h4,7-8,11H,1-3,5-6,9-10H2,(H,19,20)(H,16,17,18). The van der Waals surface area contributed by atoms with Crippen molar-refractivity contribution in [3.8, 4) is 0 Å². The van der Waals surface area contributed by atoms with Crippen molar-refractivity contribution in [1.29, 1.82) is 0 Å². The van der Waals surface area contributed by atoms with Crippen LogP contribution in [0.4, 0.5) is 5.82 Å². The molecule has 0 aromatic carbocycles. The molecule has 0 radical (unpaired) electrons. The van der Waals surface area contributed by atoms with Gasteiger partial charge in [-0.2, -0.15) is 0 Å². The molecule has 1 fully saturated rings. The second kappa shape index (κ2) is 7.03. The number of carbonyl (C=O) groups excluding carboxylic acids is 1. The number of anilines is 1. The number of amides is 1. The van der Waals surface area contributed by atoms with Crippen LogP contribution in [0, 0.1) is 5.92 Å². The summed E-state index contributed by atoms with van der Waals surface area (Å²) in [5.74, 6) is -0.222. The third-order valence-electron chi connectivity index (χ3n) is 3.74. The number of aromatic nitrogens is 1. The molecule has 108 valence electrons. The van der Waals surface area contributed by atoms with Gasteiger partial charge in [-0.25, -0.2) is 9.78 Å². The average Bonchev–Trinajstić information content (AvgIpc) is 2.46. The van der Waals surface area contributed by atoms with Gasteiger partial charge < -0.3 is 10.4 Å². The number of hydrogen-bond donors (Lipinski definition) is 2. The van der Waals surface area contributed by atoms with Crippen molar-refractivity contribution in [1.82, 2.24) is 4.98 Å². The smallest absolute Gasteiger partial charge is 0.354 e. The van der Waals surface area contributed by atoms with Gasteiger partial charge in [0.2, 0.25) is 5.91 Å². The molecule has 2 rings (SSSR count). The zero-order chi connectivity index (χ0) is 14.4. The molecule has 5 heteroatoms. The molecule has 0 atom stereocenters. The highest BCUT2D eigenvalue weighted by Gasteiger charge is 2.15. The normalized spacial score (nSPS) is 15.8. The zero-order valence-electron chi connectivity index (χ0n) is 11.5. The van der Waals surface area contributed by atoms with Gasteiger partial charge in [-0.05, 0) is 24.5 Å². The first-order valence-electron chi connectivity index (χ1n) is 7.15. The summed E-state index contributed by atoms with van der Waals surface area (Å²) < 4.78 is 0. The van der Waals surface area contributed by atoms with E-state index in [4.69, 9.17) is 5.11 Å². The van der Waals surface area contributed by atoms with Gasteiger partial charge in [0.15, 0.2) is 5.69 Å². The highest BCUT2D eigenvalue weighted by molar-refractivity contribution is 5.91. The number of pyridine rings is 1. The van der Waals surface area contributed by atoms with Gasteiger partial charge in [0.05, 0.1) is 0 Å². The first-order valence-corrected chi connectivity index (χ1v) is 7.15. The minimum Gasteiger partial charge on any atom is -0.477 e. The molecule has 1 aromatic heterocycles. The highest BCUT2D eigenvalue weighted by atomic mass is 16.4. The topological polar surface area (TPSA) is 79.3 Å². The molecule has 1 aliphatic carbocycles. The van der Waals surface area contributed by atoms with Crippen molar-refractivity contribution in [2.24, 2.45) is 5.92 Å². The van der Waals surface area contributed by atoms with E-state index in [2.05, 4.69) is 10.3 Å². The first kappa shape index (κ1) is 14.5. The van der Waals surface area contributed by atoms with Crippen molar-refractivity contribution in [3.05, 3.63) is 23.9 Å². The van der Waals surface area contributed by atoms with Crippen LogP contribution in [0.15, 0.2) is 18.2 Å². The maximum Gasteiger partial charge on any atom is 0.354 e. The van der Waals surface area contributed by atoms with Crippen LogP contribution in [0.25, 0.3) is 0 Å². The largest absolute Gasteiger partial charge is 0.477 e. The Kier molecular flexibility index (Phi) is 5.09. The molecule has 0 bridgehead atoms. The molecule has 0 unspecified atom stereocenters. The molecule has 2 N–H and O–H groups in total. The Morgan fingerprint density at radius 2 is 2.00 bits per heavy atom. The number of carboxylic acids is 1. The average molecular weight is 276 g/mol. The molecule has 0 saturated heterocycles. The number of nitrogens with zero attached hydrogens (tertiary/aromatic N) is 1. The second-order valence-electron chi connectivity index (χ2n) is 5.30. The van der Waals surface area contributed by atoms with Crippen molar-refractivity contribution in [3.63, 3.8) is 0 Å². The SMILES string of the molecule is O=C(CCC1CCCCC1)Nc1cccc(C(=O)O)n1. The molecular formula is C15H20N2O3. The van der Waals surface area contributed by atoms with Crippen LogP contribution in [-0.2, 0) is 4.79 Å². The number of carboxylic acid groups (broad SMARTS) is 1. The van der Waals surface area contributed by atoms with Crippen molar-refractivity contribution < 1.29 is 14.7 Å². The molecular weight excluding hydrogens is 256 g/mol. The number of aromatic carboxylic acids is 1. The molecule has 0 aliphatic heterocycles. The number of hydrogen-bond acceptors (Lipinski definition) is 3. The summed E-state index contributed by atoms with van der Waals surface area (Å²) in [4.78, 5) is 26.5. The summed E-state index contributed by atoms with van der Waals surface area (Å²) in [5.41, 5.74) is -0.0601. The van der Waals surface area contributed by atoms with Crippen LogP contribution >= 0.6 is 0 Å². The maximum atomic E-state index is 11.8. The van der Waals surface area contributed by atoms with Gasteiger partial charge in [-0.15, -0.1) is 0 Å². The third kappa shape index (κ3) is 4.33. The second-order valence-corrected chi connectivity index (χ2v) is 5.30. The molecule has 1 saturated carbocycles. The van der Waals surface area contributed by atoms with Gasteiger partial charge >= 0.3 is 5.97 Å². The molecule has 20 heavy (non-hydrogen) atoms. The summed E-state index contributed by atoms with van der Waals surface area (Å²) in [6.45, 7) is 0. The van der Waals surface area contributed by atoms with Gasteiger partial charge in [0, 0.05) is 6.42 Å². The van der Waals surface area contributed by atoms with Gasteiger partial charge in [-0.1, -0.05) is 38.2 Å². The molecule has 1 aliphatic rings. The van der Waals surface area contributed by atoms with Crippen LogP contribution in [0.1, 0.15) is 55.4 Å². The lowest BCUT2D eigenvalue weighted by Crippen LogP contribution is -2.16. The van der Waals surface area contributed by atoms with E-state index in [-0.39, 0.29) is 11.6 Å². The van der Waals surface area contributed by atoms with Gasteiger partial charge in [-0.3, -0.25) is 4.79 Å². The van der Waals surface area contributed by atoms with Crippen LogP contribution in [-0.4, -0.2) is 22.0 Å². The lowest BCUT2D eigenvalue weighted by atomic mass is 9.86. The molecule has 0 spiro atoms. The summed E-state index contributed by atoms with van der Waals surface area (Å²) in [5, 5.41) is 11.5. The van der Waals surface area contributed by atoms with E-state index in [1.807, 2.05) is 0 Å². The lowest BCUT2D eigenvalue weighted by molar-refractivity contribution is -0.116. The molecule has 1 heterocycles. The highest BCUT2D eigenvalue weighted by Crippen LogP contribution is 2.27. The van der Waals surface area contributed by atoms with E-state index in [0.717, 1.165) is 6.42 Å². The van der Waals surface area contributed by atoms with Gasteiger partial charge in [0.1, 0.15) is 5.82 Å². The maximum absolute atomic E-state index is 11.8. The van der Waals surface area contributed by atoms with Crippen LogP contribution < -0.4 is 5.32 Å². The van der Waals surface area contributed by atoms with Crippen LogP contribution in [0.2, 0.25) is 0 Å². The number of rotatable bonds is 5. The minimum absolute atomic E-state index is 0.0601. The van der Waals surface area contributed by atoms with E-state index in [0.29, 0.717) is 18.2 Å². The summed E-state index contributed by atoms with van der Waals surface area (Å²) in [6, 6.07) is 4.58. The predicted molar refractivity (Wildman–Crippen MR) is 75.6 cm³/mol. The molecule has 1 aromatic rings. The first-order chi connectivity index (χ1) is 9.65. The minimum atomic E-state index is -1.09. The quantitative estimate of drug-likeness (QED) is 0.866. The summed E-state index contributed by atoms with van der Waals surface area (Å²) in [6.07, 6.45) is 7.69. The fourth-order valence-electron chi connectivity index (χ4n) is 2.64. The summed E-state index contributed by atoms with van der Waals surface area (Å²) in [7, 11) is 0. The fourth-order valence-corrected chi connectivity index (χ4v) is 2.64. The number of carbonyl (C=O) groups is 2. The van der Waals surface area contributed by atoms with Crippen molar-refractivity contribution >= 4 is 17.7 Å². The van der Waals surface area contributed by atoms with Gasteiger partial charge in [0.25, 0.3) is 0 Å².